The molecule has 0 atom stereocenters. The average molecular weight is 393 g/mol. The predicted molar refractivity (Wildman–Crippen MR) is 108 cm³/mol. The number of halogens is 2. The molecule has 0 unspecified atom stereocenters. The van der Waals surface area contributed by atoms with Gasteiger partial charge >= 0.3 is 0 Å². The number of nitrogens with one attached hydrogen (secondary N) is 1. The minimum absolute atomic E-state index is 0.0234. The molecule has 1 saturated heterocycles. The molecule has 1 N–H and O–H groups in total. The van der Waals surface area contributed by atoms with E-state index in [0.29, 0.717) is 35.2 Å². The number of amides is 1. The van der Waals surface area contributed by atoms with Crippen molar-refractivity contribution >= 4 is 40.5 Å². The summed E-state index contributed by atoms with van der Waals surface area (Å²) >= 11 is 11.9. The normalized spacial score (nSPS) is 13.7. The molecule has 4 nitrogen and oxygen atoms in total. The lowest BCUT2D eigenvalue weighted by Crippen LogP contribution is -2.17. The van der Waals surface area contributed by atoms with E-state index in [1.807, 2.05) is 12.1 Å². The lowest BCUT2D eigenvalue weighted by Gasteiger charge is -2.17. The second kappa shape index (κ2) is 9.15. The summed E-state index contributed by atoms with van der Waals surface area (Å²) in [5, 5.41) is 3.96. The molecule has 2 aromatic carbocycles. The van der Waals surface area contributed by atoms with E-state index >= 15 is 0 Å². The number of nitrogens with zero attached hydrogens (tertiary/aromatic N) is 1. The average Bonchev–Trinajstić information content (AvgIpc) is 3.15. The second-order valence-electron chi connectivity index (χ2n) is 6.32. The summed E-state index contributed by atoms with van der Waals surface area (Å²) in [6, 6.07) is 13.1. The van der Waals surface area contributed by atoms with Gasteiger partial charge in [0, 0.05) is 35.9 Å². The van der Waals surface area contributed by atoms with E-state index in [1.54, 1.807) is 18.2 Å². The fraction of sp³-hybridized carbons (Fsp3) is 0.350. The molecule has 1 fully saturated rings. The zero-order valence-corrected chi connectivity index (χ0v) is 16.0. The molecule has 0 radical (unpaired) electrons. The van der Waals surface area contributed by atoms with Crippen LogP contribution in [0.5, 0.6) is 5.75 Å². The highest BCUT2D eigenvalue weighted by atomic mass is 35.5. The minimum Gasteiger partial charge on any atom is -0.492 e. The topological polar surface area (TPSA) is 41.6 Å². The molecule has 0 aromatic heterocycles. The van der Waals surface area contributed by atoms with Crippen molar-refractivity contribution in [1.29, 1.82) is 0 Å². The second-order valence-corrected chi connectivity index (χ2v) is 7.16. The Labute approximate surface area is 164 Å². The van der Waals surface area contributed by atoms with Gasteiger partial charge < -0.3 is 15.0 Å². The van der Waals surface area contributed by atoms with Gasteiger partial charge in [-0.2, -0.15) is 0 Å². The highest BCUT2D eigenvalue weighted by Crippen LogP contribution is 2.27. The van der Waals surface area contributed by atoms with Crippen molar-refractivity contribution in [2.45, 2.75) is 25.7 Å². The number of hydrogen-bond donors (Lipinski definition) is 1. The maximum atomic E-state index is 12.1. The van der Waals surface area contributed by atoms with Gasteiger partial charge in [0.25, 0.3) is 0 Å². The van der Waals surface area contributed by atoms with Gasteiger partial charge in [-0.3, -0.25) is 4.79 Å². The van der Waals surface area contributed by atoms with E-state index in [2.05, 4.69) is 22.3 Å². The minimum atomic E-state index is -0.0234. The number of ether oxygens (including phenoxy) is 1. The molecule has 0 saturated carbocycles. The van der Waals surface area contributed by atoms with Gasteiger partial charge in [-0.1, -0.05) is 23.2 Å². The Morgan fingerprint density at radius 3 is 2.50 bits per heavy atom. The predicted octanol–water partition coefficient (Wildman–Crippen LogP) is 5.39. The van der Waals surface area contributed by atoms with Crippen molar-refractivity contribution in [1.82, 2.24) is 0 Å². The zero-order chi connectivity index (χ0) is 18.4. The fourth-order valence-corrected chi connectivity index (χ4v) is 3.42. The summed E-state index contributed by atoms with van der Waals surface area (Å²) in [4.78, 5) is 14.4. The Morgan fingerprint density at radius 1 is 1.08 bits per heavy atom. The van der Waals surface area contributed by atoms with Crippen LogP contribution in [0.4, 0.5) is 11.4 Å². The first-order chi connectivity index (χ1) is 12.6. The summed E-state index contributed by atoms with van der Waals surface area (Å²) in [5.41, 5.74) is 2.04. The maximum Gasteiger partial charge on any atom is 0.224 e. The van der Waals surface area contributed by atoms with Crippen LogP contribution in [0, 0.1) is 0 Å². The van der Waals surface area contributed by atoms with Crippen LogP contribution in [0.2, 0.25) is 10.0 Å². The van der Waals surface area contributed by atoms with Crippen LogP contribution in [-0.2, 0) is 4.79 Å². The van der Waals surface area contributed by atoms with Crippen molar-refractivity contribution in [3.63, 3.8) is 0 Å². The van der Waals surface area contributed by atoms with Crippen molar-refractivity contribution in [3.8, 4) is 5.75 Å². The first kappa shape index (κ1) is 18.9. The third-order valence-electron chi connectivity index (χ3n) is 4.32. The van der Waals surface area contributed by atoms with Crippen LogP contribution in [0.1, 0.15) is 25.7 Å². The Kier molecular flexibility index (Phi) is 6.64. The lowest BCUT2D eigenvalue weighted by molar-refractivity contribution is -0.116. The molecule has 1 amide bonds. The van der Waals surface area contributed by atoms with Crippen LogP contribution in [0.3, 0.4) is 0 Å². The van der Waals surface area contributed by atoms with Crippen LogP contribution in [0.25, 0.3) is 0 Å². The van der Waals surface area contributed by atoms with Gasteiger partial charge in [-0.05, 0) is 61.7 Å². The number of carbonyl (C=O) groups excluding carboxylic acids is 1. The van der Waals surface area contributed by atoms with Gasteiger partial charge in [0.1, 0.15) is 5.75 Å². The van der Waals surface area contributed by atoms with E-state index in [0.717, 1.165) is 18.8 Å². The maximum absolute atomic E-state index is 12.1. The molecule has 6 heteroatoms. The van der Waals surface area contributed by atoms with Crippen molar-refractivity contribution in [3.05, 3.63) is 52.5 Å². The molecule has 26 heavy (non-hydrogen) atoms. The Bertz CT molecular complexity index is 744. The molecule has 2 aromatic rings. The quantitative estimate of drug-likeness (QED) is 0.642. The Hall–Kier alpha value is -1.91. The molecule has 0 spiro atoms. The summed E-state index contributed by atoms with van der Waals surface area (Å²) < 4.78 is 5.59. The monoisotopic (exact) mass is 392 g/mol. The first-order valence-corrected chi connectivity index (χ1v) is 9.60. The van der Waals surface area contributed by atoms with Crippen LogP contribution in [-0.4, -0.2) is 25.6 Å². The summed E-state index contributed by atoms with van der Waals surface area (Å²) in [7, 11) is 0. The van der Waals surface area contributed by atoms with Gasteiger partial charge in [-0.25, -0.2) is 0 Å². The summed E-state index contributed by atoms with van der Waals surface area (Å²) in [6.45, 7) is 2.65. The van der Waals surface area contributed by atoms with Crippen LogP contribution >= 0.6 is 23.2 Å². The molecular weight excluding hydrogens is 371 g/mol. The highest BCUT2D eigenvalue weighted by molar-refractivity contribution is 6.35. The van der Waals surface area contributed by atoms with E-state index in [-0.39, 0.29) is 5.91 Å². The van der Waals surface area contributed by atoms with Crippen LogP contribution in [0.15, 0.2) is 42.5 Å². The fourth-order valence-electron chi connectivity index (χ4n) is 2.96. The van der Waals surface area contributed by atoms with E-state index in [1.165, 1.54) is 18.5 Å². The molecule has 1 aliphatic rings. The van der Waals surface area contributed by atoms with E-state index in [9.17, 15) is 4.79 Å². The lowest BCUT2D eigenvalue weighted by atomic mass is 10.2. The molecule has 1 aliphatic heterocycles. The largest absolute Gasteiger partial charge is 0.492 e. The van der Waals surface area contributed by atoms with Gasteiger partial charge in [0.15, 0.2) is 0 Å². The van der Waals surface area contributed by atoms with Gasteiger partial charge in [-0.15, -0.1) is 0 Å². The molecular formula is C20H22Cl2N2O2. The highest BCUT2D eigenvalue weighted by Gasteiger charge is 2.12. The first-order valence-electron chi connectivity index (χ1n) is 8.84. The number of carbonyl (C=O) groups is 1. The standard InChI is InChI=1S/C20H22Cl2N2O2/c21-15-5-10-19(18(22)14-15)26-13-3-4-20(25)23-16-6-8-17(9-7-16)24-11-1-2-12-24/h5-10,14H,1-4,11-13H2,(H,23,25). The third-order valence-corrected chi connectivity index (χ3v) is 4.85. The smallest absolute Gasteiger partial charge is 0.224 e. The number of rotatable bonds is 7. The zero-order valence-electron chi connectivity index (χ0n) is 14.5. The molecule has 1 heterocycles. The van der Waals surface area contributed by atoms with Crippen molar-refractivity contribution < 1.29 is 9.53 Å². The number of hydrogen-bond acceptors (Lipinski definition) is 3. The van der Waals surface area contributed by atoms with E-state index in [4.69, 9.17) is 27.9 Å². The van der Waals surface area contributed by atoms with Gasteiger partial charge in [0.2, 0.25) is 5.91 Å². The Balaban J connectivity index is 1.39. The number of anilines is 2. The SMILES string of the molecule is O=C(CCCOc1ccc(Cl)cc1Cl)Nc1ccc(N2CCCC2)cc1. The molecule has 0 aliphatic carbocycles. The molecule has 3 rings (SSSR count). The van der Waals surface area contributed by atoms with Crippen molar-refractivity contribution in [2.75, 3.05) is 29.9 Å². The summed E-state index contributed by atoms with van der Waals surface area (Å²) in [5.74, 6) is 0.554. The van der Waals surface area contributed by atoms with Crippen molar-refractivity contribution in [2.24, 2.45) is 0 Å². The molecule has 0 bridgehead atoms. The van der Waals surface area contributed by atoms with Crippen LogP contribution < -0.4 is 15.0 Å². The van der Waals surface area contributed by atoms with E-state index < -0.39 is 0 Å². The number of benzene rings is 2. The van der Waals surface area contributed by atoms with Gasteiger partial charge in [0.05, 0.1) is 11.6 Å². The molecule has 138 valence electrons. The summed E-state index contributed by atoms with van der Waals surface area (Å²) in [6.07, 6.45) is 3.50. The Morgan fingerprint density at radius 2 is 1.81 bits per heavy atom. The third kappa shape index (κ3) is 5.29.